The van der Waals surface area contributed by atoms with Gasteiger partial charge in [-0.15, -0.1) is 0 Å². The highest BCUT2D eigenvalue weighted by atomic mass is 31.2. The number of esters is 4. The van der Waals surface area contributed by atoms with Gasteiger partial charge in [0.15, 0.2) is 12.2 Å². The smallest absolute Gasteiger partial charge is 0.462 e. The van der Waals surface area contributed by atoms with Crippen LogP contribution >= 0.6 is 15.6 Å². The first kappa shape index (κ1) is 96.1. The van der Waals surface area contributed by atoms with Crippen LogP contribution in [0.15, 0.2) is 0 Å². The molecule has 17 nitrogen and oxygen atoms in total. The highest BCUT2D eigenvalue weighted by molar-refractivity contribution is 7.47. The van der Waals surface area contributed by atoms with Crippen molar-refractivity contribution in [3.8, 4) is 0 Å². The van der Waals surface area contributed by atoms with Crippen LogP contribution in [-0.4, -0.2) is 96.7 Å². The second-order valence-electron chi connectivity index (χ2n) is 29.4. The van der Waals surface area contributed by atoms with E-state index in [0.717, 1.165) is 102 Å². The van der Waals surface area contributed by atoms with Crippen LogP contribution in [-0.2, 0) is 65.4 Å². The van der Waals surface area contributed by atoms with E-state index < -0.39 is 97.5 Å². The van der Waals surface area contributed by atoms with Gasteiger partial charge in [0, 0.05) is 25.7 Å². The van der Waals surface area contributed by atoms with Gasteiger partial charge in [-0.3, -0.25) is 37.3 Å². The summed E-state index contributed by atoms with van der Waals surface area (Å²) in [6, 6.07) is 0. The molecule has 0 rings (SSSR count). The Morgan fingerprint density at radius 1 is 0.276 bits per heavy atom. The number of hydrogen-bond acceptors (Lipinski definition) is 15. The number of aliphatic hydroxyl groups is 1. The van der Waals surface area contributed by atoms with Crippen LogP contribution in [0.5, 0.6) is 0 Å². The molecule has 0 aromatic heterocycles. The Hall–Kier alpha value is -1.94. The number of rotatable bonds is 78. The summed E-state index contributed by atoms with van der Waals surface area (Å²) in [5.74, 6) is -0.575. The minimum atomic E-state index is -4.96. The zero-order chi connectivity index (χ0) is 72.1. The number of carbonyl (C=O) groups excluding carboxylic acids is 4. The molecule has 0 aromatic carbocycles. The summed E-state index contributed by atoms with van der Waals surface area (Å²) in [5.41, 5.74) is 0. The van der Waals surface area contributed by atoms with Crippen LogP contribution in [0.1, 0.15) is 414 Å². The van der Waals surface area contributed by atoms with Crippen LogP contribution in [0.4, 0.5) is 0 Å². The first-order valence-electron chi connectivity index (χ1n) is 41.0. The molecule has 5 atom stereocenters. The van der Waals surface area contributed by atoms with Crippen molar-refractivity contribution in [3.05, 3.63) is 0 Å². The maximum absolute atomic E-state index is 13.1. The van der Waals surface area contributed by atoms with Gasteiger partial charge in [-0.1, -0.05) is 363 Å². The van der Waals surface area contributed by atoms with Gasteiger partial charge in [0.05, 0.1) is 26.4 Å². The standard InChI is InChI=1S/C79H154O17P2/c1-7-9-11-13-15-17-19-21-22-23-24-26-32-39-45-51-57-63-78(83)95-74(67-90-77(82)62-56-50-44-38-31-28-27-29-35-41-47-53-59-71(3)4)69-93-97(85,86)91-65-73(80)66-92-98(87,88)94-70-75(96-79(84)64-58-52-46-40-34-33-36-42-48-54-60-72(5)6)68-89-76(81)61-55-49-43-37-30-25-20-18-16-14-12-10-8-2/h71-75,80H,7-70H2,1-6H3,(H,85,86)(H,87,88)/t73-,74-,75-/m1/s1. The number of aliphatic hydroxyl groups excluding tert-OH is 1. The summed E-state index contributed by atoms with van der Waals surface area (Å²) in [7, 11) is -9.92. The van der Waals surface area contributed by atoms with E-state index in [9.17, 15) is 43.2 Å². The maximum atomic E-state index is 13.1. The van der Waals surface area contributed by atoms with Crippen LogP contribution in [0.25, 0.3) is 0 Å². The minimum Gasteiger partial charge on any atom is -0.462 e. The monoisotopic (exact) mass is 1440 g/mol. The Morgan fingerprint density at radius 3 is 0.694 bits per heavy atom. The van der Waals surface area contributed by atoms with Gasteiger partial charge in [0.2, 0.25) is 0 Å². The predicted molar refractivity (Wildman–Crippen MR) is 400 cm³/mol. The quantitative estimate of drug-likeness (QED) is 0.0222. The summed E-state index contributed by atoms with van der Waals surface area (Å²) in [4.78, 5) is 73.0. The Balaban J connectivity index is 5.26. The number of unbranched alkanes of at least 4 members (excludes halogenated alkanes) is 48. The molecule has 0 radical (unpaired) electrons. The Bertz CT molecular complexity index is 1890. The third kappa shape index (κ3) is 72.4. The van der Waals surface area contributed by atoms with E-state index in [1.54, 1.807) is 0 Å². The van der Waals surface area contributed by atoms with Crippen molar-refractivity contribution in [2.24, 2.45) is 11.8 Å². The normalized spacial score (nSPS) is 13.9. The topological polar surface area (TPSA) is 237 Å². The van der Waals surface area contributed by atoms with E-state index in [1.807, 2.05) is 0 Å². The summed E-state index contributed by atoms with van der Waals surface area (Å²) in [5, 5.41) is 10.6. The summed E-state index contributed by atoms with van der Waals surface area (Å²) in [6.07, 6.45) is 59.5. The molecule has 0 fully saturated rings. The van der Waals surface area contributed by atoms with Gasteiger partial charge in [-0.05, 0) is 37.5 Å². The van der Waals surface area contributed by atoms with Gasteiger partial charge >= 0.3 is 39.5 Å². The number of hydrogen-bond donors (Lipinski definition) is 3. The van der Waals surface area contributed by atoms with Crippen molar-refractivity contribution >= 4 is 39.5 Å². The molecule has 0 bridgehead atoms. The van der Waals surface area contributed by atoms with E-state index in [4.69, 9.17) is 37.0 Å². The third-order valence-electron chi connectivity index (χ3n) is 18.5. The summed E-state index contributed by atoms with van der Waals surface area (Å²) < 4.78 is 68.7. The Labute approximate surface area is 600 Å². The molecule has 19 heteroatoms. The van der Waals surface area contributed by atoms with Crippen molar-refractivity contribution < 1.29 is 80.2 Å². The van der Waals surface area contributed by atoms with Crippen molar-refractivity contribution in [2.75, 3.05) is 39.6 Å². The molecule has 3 N–H and O–H groups in total. The molecular weight excluding hydrogens is 1280 g/mol. The zero-order valence-electron chi connectivity index (χ0n) is 64.1. The molecule has 98 heavy (non-hydrogen) atoms. The average molecular weight is 1440 g/mol. The molecule has 0 heterocycles. The average Bonchev–Trinajstić information content (AvgIpc) is 1.00. The first-order chi connectivity index (χ1) is 47.4. The number of phosphoric acid groups is 2. The highest BCUT2D eigenvalue weighted by Gasteiger charge is 2.30. The number of carbonyl (C=O) groups is 4. The number of ether oxygens (including phenoxy) is 4. The van der Waals surface area contributed by atoms with Crippen LogP contribution < -0.4 is 0 Å². The Kier molecular flexibility index (Phi) is 69.3. The van der Waals surface area contributed by atoms with E-state index in [-0.39, 0.29) is 25.7 Å². The number of phosphoric ester groups is 2. The van der Waals surface area contributed by atoms with E-state index in [2.05, 4.69) is 41.5 Å². The minimum absolute atomic E-state index is 0.107. The molecule has 0 aliphatic carbocycles. The van der Waals surface area contributed by atoms with E-state index in [1.165, 1.54) is 231 Å². The van der Waals surface area contributed by atoms with Crippen molar-refractivity contribution in [1.82, 2.24) is 0 Å². The fourth-order valence-corrected chi connectivity index (χ4v) is 13.8. The SMILES string of the molecule is CCCCCCCCCCCCCCCCCCCC(=O)O[C@H](COC(=O)CCCCCCCCCCCCCCC(C)C)COP(=O)(O)OC[C@@H](O)COP(=O)(O)OC[C@@H](COC(=O)CCCCCCCCCCCCCCC)OC(=O)CCCCCCCCCCCCC(C)C. The van der Waals surface area contributed by atoms with Crippen molar-refractivity contribution in [3.63, 3.8) is 0 Å². The van der Waals surface area contributed by atoms with Gasteiger partial charge in [0.1, 0.15) is 19.3 Å². The van der Waals surface area contributed by atoms with Crippen LogP contribution in [0.2, 0.25) is 0 Å². The predicted octanol–water partition coefficient (Wildman–Crippen LogP) is 23.5. The summed E-state index contributed by atoms with van der Waals surface area (Å²) >= 11 is 0. The molecular formula is C79H154O17P2. The second kappa shape index (κ2) is 70.7. The van der Waals surface area contributed by atoms with Crippen LogP contribution in [0.3, 0.4) is 0 Å². The van der Waals surface area contributed by atoms with Gasteiger partial charge < -0.3 is 33.8 Å². The Morgan fingerprint density at radius 2 is 0.469 bits per heavy atom. The second-order valence-corrected chi connectivity index (χ2v) is 32.3. The van der Waals surface area contributed by atoms with Crippen molar-refractivity contribution in [1.29, 1.82) is 0 Å². The van der Waals surface area contributed by atoms with E-state index >= 15 is 0 Å². The van der Waals surface area contributed by atoms with Crippen LogP contribution in [0, 0.1) is 11.8 Å². The molecule has 582 valence electrons. The summed E-state index contributed by atoms with van der Waals surface area (Å²) in [6.45, 7) is 9.63. The molecule has 0 saturated heterocycles. The fraction of sp³-hybridized carbons (Fsp3) is 0.949. The molecule has 0 aliphatic rings. The van der Waals surface area contributed by atoms with Gasteiger partial charge in [-0.2, -0.15) is 0 Å². The highest BCUT2D eigenvalue weighted by Crippen LogP contribution is 2.45. The molecule has 0 amide bonds. The maximum Gasteiger partial charge on any atom is 0.472 e. The zero-order valence-corrected chi connectivity index (χ0v) is 65.9. The molecule has 0 aromatic rings. The van der Waals surface area contributed by atoms with Gasteiger partial charge in [-0.25, -0.2) is 9.13 Å². The molecule has 0 spiro atoms. The molecule has 0 aliphatic heterocycles. The lowest BCUT2D eigenvalue weighted by molar-refractivity contribution is -0.161. The first-order valence-corrected chi connectivity index (χ1v) is 44.0. The molecule has 2 unspecified atom stereocenters. The largest absolute Gasteiger partial charge is 0.472 e. The lowest BCUT2D eigenvalue weighted by atomic mass is 10.0. The van der Waals surface area contributed by atoms with Crippen molar-refractivity contribution in [2.45, 2.75) is 432 Å². The van der Waals surface area contributed by atoms with Gasteiger partial charge in [0.25, 0.3) is 0 Å². The fourth-order valence-electron chi connectivity index (χ4n) is 12.2. The third-order valence-corrected chi connectivity index (χ3v) is 20.4. The van der Waals surface area contributed by atoms with E-state index in [0.29, 0.717) is 25.7 Å². The lowest BCUT2D eigenvalue weighted by Gasteiger charge is -2.21. The lowest BCUT2D eigenvalue weighted by Crippen LogP contribution is -2.30. The molecule has 0 saturated carbocycles.